The topological polar surface area (TPSA) is 92.9 Å². The van der Waals surface area contributed by atoms with Gasteiger partial charge < -0.3 is 19.6 Å². The number of aromatic nitrogens is 2. The van der Waals surface area contributed by atoms with Crippen molar-refractivity contribution in [1.29, 1.82) is 0 Å². The Hall–Kier alpha value is -3.65. The maximum absolute atomic E-state index is 12.3. The summed E-state index contributed by atoms with van der Waals surface area (Å²) in [5.74, 6) is -1.16. The van der Waals surface area contributed by atoms with Gasteiger partial charge in [0.1, 0.15) is 17.3 Å². The Kier molecular flexibility index (Phi) is 6.93. The summed E-state index contributed by atoms with van der Waals surface area (Å²) in [5, 5.41) is 12.3. The number of alkyl carbamates (subject to hydrolysis) is 1. The number of nitrogens with one attached hydrogen (secondary N) is 1. The zero-order valence-corrected chi connectivity index (χ0v) is 21.2. The number of halogens is 1. The molecule has 1 unspecified atom stereocenters. The zero-order valence-electron chi connectivity index (χ0n) is 19.7. The van der Waals surface area contributed by atoms with E-state index in [1.54, 1.807) is 20.8 Å². The molecule has 180 valence electrons. The number of carbonyl (C=O) groups is 2. The highest BCUT2D eigenvalue weighted by atomic mass is 79.9. The minimum atomic E-state index is -1.20. The SMILES string of the molecule is CC(C)(C)OC(=O)NC(Cc1c(-c2ccc(-c3ccccc3)cc2)nc2ccc(Br)cn12)C(=O)O. The maximum atomic E-state index is 12.3. The first kappa shape index (κ1) is 24.5. The summed E-state index contributed by atoms with van der Waals surface area (Å²) in [7, 11) is 0. The summed E-state index contributed by atoms with van der Waals surface area (Å²) in [5.41, 5.74) is 4.26. The van der Waals surface area contributed by atoms with Crippen LogP contribution < -0.4 is 5.32 Å². The number of carboxylic acid groups (broad SMARTS) is 1. The van der Waals surface area contributed by atoms with E-state index in [1.807, 2.05) is 77.3 Å². The fraction of sp³-hybridized carbons (Fsp3) is 0.222. The van der Waals surface area contributed by atoms with Gasteiger partial charge in [0.25, 0.3) is 0 Å². The van der Waals surface area contributed by atoms with Crippen molar-refractivity contribution in [3.05, 3.63) is 83.1 Å². The number of fused-ring (bicyclic) bond motifs is 1. The van der Waals surface area contributed by atoms with E-state index in [0.717, 1.165) is 21.2 Å². The molecule has 0 spiro atoms. The van der Waals surface area contributed by atoms with Gasteiger partial charge in [-0.1, -0.05) is 54.6 Å². The first-order valence-corrected chi connectivity index (χ1v) is 11.9. The molecule has 4 aromatic rings. The summed E-state index contributed by atoms with van der Waals surface area (Å²) in [6, 6.07) is 20.5. The van der Waals surface area contributed by atoms with Crippen molar-refractivity contribution in [3.63, 3.8) is 0 Å². The first-order valence-electron chi connectivity index (χ1n) is 11.2. The minimum Gasteiger partial charge on any atom is -0.480 e. The third-order valence-corrected chi connectivity index (χ3v) is 5.80. The molecule has 2 aromatic carbocycles. The molecule has 2 aromatic heterocycles. The lowest BCUT2D eigenvalue weighted by molar-refractivity contribution is -0.139. The van der Waals surface area contributed by atoms with Gasteiger partial charge >= 0.3 is 12.1 Å². The van der Waals surface area contributed by atoms with Crippen molar-refractivity contribution in [3.8, 4) is 22.4 Å². The Balaban J connectivity index is 1.72. The van der Waals surface area contributed by atoms with Gasteiger partial charge in [-0.25, -0.2) is 14.6 Å². The van der Waals surface area contributed by atoms with E-state index in [1.165, 1.54) is 0 Å². The molecule has 0 fully saturated rings. The smallest absolute Gasteiger partial charge is 0.408 e. The Morgan fingerprint density at radius 1 is 1.00 bits per heavy atom. The number of hydrogen-bond acceptors (Lipinski definition) is 4. The standard InChI is InChI=1S/C27H26BrN3O4/c1-27(2,3)35-26(34)29-21(25(32)33)15-22-24(30-23-14-13-20(28)16-31(22)23)19-11-9-18(10-12-19)17-7-5-4-6-8-17/h4-14,16,21H,15H2,1-3H3,(H,29,34)(H,32,33). The third kappa shape index (κ3) is 5.89. The molecule has 7 nitrogen and oxygen atoms in total. The molecule has 4 rings (SSSR count). The summed E-state index contributed by atoms with van der Waals surface area (Å²) in [6.45, 7) is 5.17. The molecule has 0 aliphatic heterocycles. The second-order valence-corrected chi connectivity index (χ2v) is 10.1. The molecule has 0 aliphatic carbocycles. The molecule has 0 bridgehead atoms. The molecule has 2 N–H and O–H groups in total. The number of aliphatic carboxylic acids is 1. The molecular weight excluding hydrogens is 510 g/mol. The lowest BCUT2D eigenvalue weighted by Crippen LogP contribution is -2.44. The van der Waals surface area contributed by atoms with Crippen molar-refractivity contribution in [2.24, 2.45) is 0 Å². The van der Waals surface area contributed by atoms with Gasteiger partial charge in [-0.05, 0) is 60.0 Å². The molecule has 0 aliphatic rings. The Morgan fingerprint density at radius 3 is 2.26 bits per heavy atom. The van der Waals surface area contributed by atoms with Crippen molar-refractivity contribution in [1.82, 2.24) is 14.7 Å². The number of benzene rings is 2. The quantitative estimate of drug-likeness (QED) is 0.318. The highest BCUT2D eigenvalue weighted by Crippen LogP contribution is 2.29. The normalized spacial score (nSPS) is 12.3. The number of amides is 1. The van der Waals surface area contributed by atoms with Crippen LogP contribution in [-0.2, 0) is 16.0 Å². The fourth-order valence-corrected chi connectivity index (χ4v) is 4.12. The summed E-state index contributed by atoms with van der Waals surface area (Å²) in [4.78, 5) is 29.2. The molecule has 0 saturated carbocycles. The van der Waals surface area contributed by atoms with Crippen LogP contribution in [0.25, 0.3) is 28.0 Å². The molecule has 0 saturated heterocycles. The minimum absolute atomic E-state index is 0.0158. The molecule has 1 amide bonds. The van der Waals surface area contributed by atoms with E-state index in [0.29, 0.717) is 17.0 Å². The summed E-state index contributed by atoms with van der Waals surface area (Å²) < 4.78 is 7.94. The lowest BCUT2D eigenvalue weighted by Gasteiger charge is -2.22. The van der Waals surface area contributed by atoms with Gasteiger partial charge in [0.05, 0.1) is 11.4 Å². The number of rotatable bonds is 6. The van der Waals surface area contributed by atoms with Crippen molar-refractivity contribution in [2.45, 2.75) is 38.8 Å². The molecular formula is C27H26BrN3O4. The molecule has 35 heavy (non-hydrogen) atoms. The van der Waals surface area contributed by atoms with E-state index in [-0.39, 0.29) is 6.42 Å². The average Bonchev–Trinajstić information content (AvgIpc) is 3.15. The van der Waals surface area contributed by atoms with Crippen LogP contribution >= 0.6 is 15.9 Å². The van der Waals surface area contributed by atoms with Crippen LogP contribution in [0.3, 0.4) is 0 Å². The summed E-state index contributed by atoms with van der Waals surface area (Å²) in [6.07, 6.45) is 1.07. The van der Waals surface area contributed by atoms with Crippen LogP contribution in [-0.4, -0.2) is 38.2 Å². The number of imidazole rings is 1. The Morgan fingerprint density at radius 2 is 1.63 bits per heavy atom. The average molecular weight is 536 g/mol. The number of pyridine rings is 1. The third-order valence-electron chi connectivity index (χ3n) is 5.33. The number of hydrogen-bond donors (Lipinski definition) is 2. The largest absolute Gasteiger partial charge is 0.480 e. The van der Waals surface area contributed by atoms with Crippen LogP contribution in [0.4, 0.5) is 4.79 Å². The van der Waals surface area contributed by atoms with Crippen LogP contribution in [0, 0.1) is 0 Å². The van der Waals surface area contributed by atoms with Crippen molar-refractivity contribution in [2.75, 3.05) is 0 Å². The van der Waals surface area contributed by atoms with Crippen LogP contribution in [0.2, 0.25) is 0 Å². The monoisotopic (exact) mass is 535 g/mol. The second-order valence-electron chi connectivity index (χ2n) is 9.17. The second kappa shape index (κ2) is 9.92. The fourth-order valence-electron chi connectivity index (χ4n) is 3.79. The van der Waals surface area contributed by atoms with E-state index >= 15 is 0 Å². The number of ether oxygens (including phenoxy) is 1. The highest BCUT2D eigenvalue weighted by Gasteiger charge is 2.27. The van der Waals surface area contributed by atoms with Crippen LogP contribution in [0.5, 0.6) is 0 Å². The van der Waals surface area contributed by atoms with Gasteiger partial charge in [0, 0.05) is 22.7 Å². The lowest BCUT2D eigenvalue weighted by atomic mass is 10.0. The van der Waals surface area contributed by atoms with Crippen LogP contribution in [0.15, 0.2) is 77.4 Å². The Labute approximate surface area is 211 Å². The van der Waals surface area contributed by atoms with Crippen molar-refractivity contribution >= 4 is 33.6 Å². The van der Waals surface area contributed by atoms with Crippen molar-refractivity contribution < 1.29 is 19.4 Å². The van der Waals surface area contributed by atoms with E-state index in [9.17, 15) is 14.7 Å². The van der Waals surface area contributed by atoms with E-state index in [4.69, 9.17) is 9.72 Å². The number of carboxylic acids is 1. The van der Waals surface area contributed by atoms with Gasteiger partial charge in [0.2, 0.25) is 0 Å². The number of nitrogens with zero attached hydrogens (tertiary/aromatic N) is 2. The van der Waals surface area contributed by atoms with Gasteiger partial charge in [0.15, 0.2) is 0 Å². The van der Waals surface area contributed by atoms with Gasteiger partial charge in [-0.15, -0.1) is 0 Å². The van der Waals surface area contributed by atoms with Gasteiger partial charge in [-0.3, -0.25) is 0 Å². The van der Waals surface area contributed by atoms with Crippen LogP contribution in [0.1, 0.15) is 26.5 Å². The highest BCUT2D eigenvalue weighted by molar-refractivity contribution is 9.10. The van der Waals surface area contributed by atoms with E-state index in [2.05, 4.69) is 21.2 Å². The molecule has 0 radical (unpaired) electrons. The number of carbonyl (C=O) groups excluding carboxylic acids is 1. The molecule has 8 heteroatoms. The molecule has 1 atom stereocenters. The first-order chi connectivity index (χ1) is 16.6. The predicted molar refractivity (Wildman–Crippen MR) is 138 cm³/mol. The summed E-state index contributed by atoms with van der Waals surface area (Å²) >= 11 is 3.48. The predicted octanol–water partition coefficient (Wildman–Crippen LogP) is 5.95. The zero-order chi connectivity index (χ0) is 25.2. The molecule has 2 heterocycles. The van der Waals surface area contributed by atoms with E-state index < -0.39 is 23.7 Å². The maximum Gasteiger partial charge on any atom is 0.408 e. The van der Waals surface area contributed by atoms with Gasteiger partial charge in [-0.2, -0.15) is 0 Å². The Bertz CT molecular complexity index is 1360.